The number of halogens is 1. The second kappa shape index (κ2) is 15.0. The Morgan fingerprint density at radius 2 is 1.67 bits per heavy atom. The third-order valence-electron chi connectivity index (χ3n) is 10.2. The molecule has 48 heavy (non-hydrogen) atoms. The standard InChI is InChI=1S/C37H45ClN6O4/c1-25-17-21-42(31(35(39)46)23-27-12-7-11-26-10-3-4-15-30(26)27)36(47)34(28-13-8-14-29(38)22-28)44(25)33(45)24-40-37(48)43-20-9-16-32(43)41-18-5-2-6-19-41/h3-4,7-8,10-15,22,25,31-32,34H,2,5-6,9,16-21,23-24H2,1H3,(H2,39,46)(H,40,48). The topological polar surface area (TPSA) is 119 Å². The smallest absolute Gasteiger partial charge is 0.319 e. The Kier molecular flexibility index (Phi) is 10.5. The van der Waals surface area contributed by atoms with Gasteiger partial charge in [-0.1, -0.05) is 72.6 Å². The number of piperidine rings is 1. The van der Waals surface area contributed by atoms with Gasteiger partial charge in [0.2, 0.25) is 11.8 Å². The van der Waals surface area contributed by atoms with E-state index in [0.29, 0.717) is 23.6 Å². The number of rotatable bonds is 8. The lowest BCUT2D eigenvalue weighted by Gasteiger charge is -2.38. The summed E-state index contributed by atoms with van der Waals surface area (Å²) >= 11 is 6.41. The van der Waals surface area contributed by atoms with E-state index in [0.717, 1.165) is 55.1 Å². The number of nitrogens with two attached hydrogens (primary N) is 1. The van der Waals surface area contributed by atoms with Gasteiger partial charge in [0.15, 0.2) is 0 Å². The highest BCUT2D eigenvalue weighted by Gasteiger charge is 2.43. The monoisotopic (exact) mass is 672 g/mol. The van der Waals surface area contributed by atoms with Crippen LogP contribution in [0.25, 0.3) is 10.8 Å². The van der Waals surface area contributed by atoms with Gasteiger partial charge in [0.05, 0.1) is 12.7 Å². The molecule has 5 amide bonds. The highest BCUT2D eigenvalue weighted by Crippen LogP contribution is 2.33. The van der Waals surface area contributed by atoms with Crippen LogP contribution in [0, 0.1) is 0 Å². The lowest BCUT2D eigenvalue weighted by atomic mass is 9.96. The van der Waals surface area contributed by atoms with Crippen molar-refractivity contribution in [2.75, 3.05) is 32.7 Å². The molecule has 0 spiro atoms. The van der Waals surface area contributed by atoms with E-state index in [1.165, 1.54) is 11.3 Å². The Hall–Kier alpha value is -4.15. The first-order chi connectivity index (χ1) is 23.2. The Morgan fingerprint density at radius 1 is 0.917 bits per heavy atom. The Balaban J connectivity index is 1.25. The summed E-state index contributed by atoms with van der Waals surface area (Å²) in [5.74, 6) is -1.40. The van der Waals surface area contributed by atoms with Crippen LogP contribution in [0.4, 0.5) is 4.79 Å². The molecule has 4 unspecified atom stereocenters. The summed E-state index contributed by atoms with van der Waals surface area (Å²) < 4.78 is 0. The van der Waals surface area contributed by atoms with Gasteiger partial charge in [-0.25, -0.2) is 4.79 Å². The maximum atomic E-state index is 14.7. The largest absolute Gasteiger partial charge is 0.368 e. The fourth-order valence-corrected chi connectivity index (χ4v) is 7.95. The molecular weight excluding hydrogens is 628 g/mol. The van der Waals surface area contributed by atoms with Crippen molar-refractivity contribution in [3.63, 3.8) is 0 Å². The molecular formula is C37H45ClN6O4. The minimum Gasteiger partial charge on any atom is -0.368 e. The van der Waals surface area contributed by atoms with Gasteiger partial charge in [0, 0.05) is 43.7 Å². The third kappa shape index (κ3) is 7.15. The van der Waals surface area contributed by atoms with Crippen molar-refractivity contribution in [1.29, 1.82) is 0 Å². The van der Waals surface area contributed by atoms with Gasteiger partial charge in [-0.3, -0.25) is 19.3 Å². The summed E-state index contributed by atoms with van der Waals surface area (Å²) in [5.41, 5.74) is 7.46. The van der Waals surface area contributed by atoms with Gasteiger partial charge >= 0.3 is 6.03 Å². The molecule has 3 N–H and O–H groups in total. The molecule has 0 aliphatic carbocycles. The zero-order valence-corrected chi connectivity index (χ0v) is 28.3. The van der Waals surface area contributed by atoms with E-state index >= 15 is 0 Å². The average molecular weight is 673 g/mol. The quantitative estimate of drug-likeness (QED) is 0.360. The lowest BCUT2D eigenvalue weighted by molar-refractivity contribution is -0.148. The van der Waals surface area contributed by atoms with E-state index in [2.05, 4.69) is 10.2 Å². The molecule has 0 aromatic heterocycles. The van der Waals surface area contributed by atoms with Crippen molar-refractivity contribution in [2.24, 2.45) is 5.73 Å². The third-order valence-corrected chi connectivity index (χ3v) is 10.4. The zero-order chi connectivity index (χ0) is 33.8. The molecule has 254 valence electrons. The molecule has 10 nitrogen and oxygen atoms in total. The SMILES string of the molecule is CC1CCN(C(Cc2cccc3ccccc23)C(N)=O)C(=O)C(c2cccc(Cl)c2)N1C(=O)CNC(=O)N1CCCC1N1CCCCC1. The number of carbonyl (C=O) groups is 4. The number of urea groups is 1. The molecule has 6 rings (SSSR count). The summed E-state index contributed by atoms with van der Waals surface area (Å²) in [6, 6.07) is 18.0. The summed E-state index contributed by atoms with van der Waals surface area (Å²) in [6.07, 6.45) is 6.02. The maximum absolute atomic E-state index is 14.7. The van der Waals surface area contributed by atoms with E-state index in [-0.39, 0.29) is 43.7 Å². The highest BCUT2D eigenvalue weighted by atomic mass is 35.5. The zero-order valence-electron chi connectivity index (χ0n) is 27.5. The Morgan fingerprint density at radius 3 is 2.44 bits per heavy atom. The minimum atomic E-state index is -1.06. The number of fused-ring (bicyclic) bond motifs is 1. The number of amides is 5. The molecule has 0 bridgehead atoms. The van der Waals surface area contributed by atoms with Crippen LogP contribution in [0.2, 0.25) is 5.02 Å². The van der Waals surface area contributed by atoms with Crippen LogP contribution >= 0.6 is 11.6 Å². The number of benzene rings is 3. The van der Waals surface area contributed by atoms with Crippen LogP contribution in [-0.2, 0) is 20.8 Å². The molecule has 3 aliphatic rings. The van der Waals surface area contributed by atoms with Crippen LogP contribution in [0.1, 0.15) is 62.6 Å². The highest BCUT2D eigenvalue weighted by molar-refractivity contribution is 6.30. The van der Waals surface area contributed by atoms with E-state index in [4.69, 9.17) is 17.3 Å². The molecule has 3 heterocycles. The predicted octanol–water partition coefficient (Wildman–Crippen LogP) is 4.70. The molecule has 0 saturated carbocycles. The van der Waals surface area contributed by atoms with Crippen molar-refractivity contribution < 1.29 is 19.2 Å². The van der Waals surface area contributed by atoms with E-state index in [9.17, 15) is 19.2 Å². The Labute approximate surface area is 287 Å². The first-order valence-electron chi connectivity index (χ1n) is 17.1. The maximum Gasteiger partial charge on any atom is 0.319 e. The number of nitrogens with one attached hydrogen (secondary N) is 1. The van der Waals surface area contributed by atoms with Gasteiger partial charge in [0.1, 0.15) is 12.1 Å². The molecule has 3 aliphatic heterocycles. The summed E-state index contributed by atoms with van der Waals surface area (Å²) in [5, 5.41) is 5.31. The average Bonchev–Trinajstić information content (AvgIpc) is 3.55. The van der Waals surface area contributed by atoms with Crippen molar-refractivity contribution in [3.8, 4) is 0 Å². The normalized spacial score (nSPS) is 22.8. The predicted molar refractivity (Wildman–Crippen MR) is 186 cm³/mol. The van der Waals surface area contributed by atoms with E-state index in [1.807, 2.05) is 54.3 Å². The van der Waals surface area contributed by atoms with Gasteiger partial charge in [-0.15, -0.1) is 0 Å². The number of hydrogen-bond acceptors (Lipinski definition) is 5. The number of nitrogens with zero attached hydrogens (tertiary/aromatic N) is 4. The molecule has 3 fully saturated rings. The molecule has 11 heteroatoms. The van der Waals surface area contributed by atoms with Crippen LogP contribution in [0.3, 0.4) is 0 Å². The van der Waals surface area contributed by atoms with Gasteiger partial charge in [-0.05, 0) is 73.1 Å². The van der Waals surface area contributed by atoms with Crippen LogP contribution in [0.15, 0.2) is 66.7 Å². The lowest BCUT2D eigenvalue weighted by Crippen LogP contribution is -2.55. The second-order valence-corrected chi connectivity index (χ2v) is 13.7. The van der Waals surface area contributed by atoms with Crippen LogP contribution < -0.4 is 11.1 Å². The molecule has 3 aromatic rings. The van der Waals surface area contributed by atoms with Crippen molar-refractivity contribution in [3.05, 3.63) is 82.9 Å². The fourth-order valence-electron chi connectivity index (χ4n) is 7.75. The van der Waals surface area contributed by atoms with Gasteiger partial charge in [-0.2, -0.15) is 0 Å². The van der Waals surface area contributed by atoms with Gasteiger partial charge < -0.3 is 25.8 Å². The van der Waals surface area contributed by atoms with E-state index in [1.54, 1.807) is 29.2 Å². The van der Waals surface area contributed by atoms with Crippen LogP contribution in [-0.4, -0.2) is 94.3 Å². The van der Waals surface area contributed by atoms with E-state index < -0.39 is 23.9 Å². The van der Waals surface area contributed by atoms with Gasteiger partial charge in [0.25, 0.3) is 5.91 Å². The number of primary amides is 1. The summed E-state index contributed by atoms with van der Waals surface area (Å²) in [7, 11) is 0. The summed E-state index contributed by atoms with van der Waals surface area (Å²) in [4.78, 5) is 62.6. The molecule has 3 saturated heterocycles. The number of hydrogen-bond donors (Lipinski definition) is 2. The number of carbonyl (C=O) groups excluding carboxylic acids is 4. The first-order valence-corrected chi connectivity index (χ1v) is 17.5. The second-order valence-electron chi connectivity index (χ2n) is 13.3. The molecule has 0 radical (unpaired) electrons. The Bertz CT molecular complexity index is 1660. The van der Waals surface area contributed by atoms with Crippen LogP contribution in [0.5, 0.6) is 0 Å². The van der Waals surface area contributed by atoms with Crippen molar-refractivity contribution in [2.45, 2.75) is 76.2 Å². The number of likely N-dealkylation sites (tertiary alicyclic amines) is 2. The molecule has 4 atom stereocenters. The van der Waals surface area contributed by atoms with Crippen molar-refractivity contribution >= 4 is 46.1 Å². The molecule has 3 aromatic carbocycles. The first kappa shape index (κ1) is 33.7. The fraction of sp³-hybridized carbons (Fsp3) is 0.459. The minimum absolute atomic E-state index is 0.0410. The van der Waals surface area contributed by atoms with Crippen molar-refractivity contribution in [1.82, 2.24) is 24.9 Å². The summed E-state index contributed by atoms with van der Waals surface area (Å²) in [6.45, 7) is 4.47.